The van der Waals surface area contributed by atoms with Gasteiger partial charge in [-0.1, -0.05) is 17.6 Å². The van der Waals surface area contributed by atoms with Crippen LogP contribution in [0.4, 0.5) is 10.5 Å². The largest absolute Gasteiger partial charge is 0.444 e. The lowest BCUT2D eigenvalue weighted by molar-refractivity contribution is 0.0240. The Morgan fingerprint density at radius 2 is 1.78 bits per heavy atom. The summed E-state index contributed by atoms with van der Waals surface area (Å²) in [6.45, 7) is 7.96. The van der Waals surface area contributed by atoms with Crippen LogP contribution in [0.1, 0.15) is 31.1 Å². The Morgan fingerprint density at radius 1 is 1.17 bits per heavy atom. The van der Waals surface area contributed by atoms with Gasteiger partial charge in [0.05, 0.1) is 5.56 Å². The van der Waals surface area contributed by atoms with E-state index in [4.69, 9.17) is 10.5 Å². The molecule has 0 saturated carbocycles. The molecule has 2 N–H and O–H groups in total. The zero-order valence-corrected chi connectivity index (χ0v) is 14.3. The van der Waals surface area contributed by atoms with E-state index in [9.17, 15) is 9.59 Å². The molecule has 124 valence electrons. The highest BCUT2D eigenvalue weighted by Crippen LogP contribution is 2.21. The van der Waals surface area contributed by atoms with Crippen LogP contribution in [0.5, 0.6) is 0 Å². The van der Waals surface area contributed by atoms with Crippen LogP contribution in [-0.4, -0.2) is 56.5 Å². The molecule has 1 heterocycles. The number of rotatable bonds is 2. The summed E-state index contributed by atoms with van der Waals surface area (Å²) in [6.07, 6.45) is -0.295. The van der Waals surface area contributed by atoms with Crippen molar-refractivity contribution in [1.29, 1.82) is 0 Å². The summed E-state index contributed by atoms with van der Waals surface area (Å²) in [5, 5.41) is 0. The molecular formula is C16H24BN3O3. The van der Waals surface area contributed by atoms with Gasteiger partial charge in [-0.25, -0.2) is 4.79 Å². The van der Waals surface area contributed by atoms with Gasteiger partial charge in [0.25, 0.3) is 5.91 Å². The summed E-state index contributed by atoms with van der Waals surface area (Å²) in [5.41, 5.74) is 7.33. The average molecular weight is 317 g/mol. The number of primary amides is 1. The Bertz CT molecular complexity index is 605. The van der Waals surface area contributed by atoms with Crippen LogP contribution in [0, 0.1) is 0 Å². The fourth-order valence-electron chi connectivity index (χ4n) is 2.58. The van der Waals surface area contributed by atoms with Gasteiger partial charge in [-0.2, -0.15) is 0 Å². The van der Waals surface area contributed by atoms with E-state index in [1.165, 1.54) is 0 Å². The van der Waals surface area contributed by atoms with Gasteiger partial charge in [0.1, 0.15) is 13.4 Å². The van der Waals surface area contributed by atoms with Gasteiger partial charge in [-0.3, -0.25) is 4.79 Å². The third kappa shape index (κ3) is 4.40. The molecule has 1 aromatic rings. The van der Waals surface area contributed by atoms with E-state index >= 15 is 0 Å². The van der Waals surface area contributed by atoms with E-state index in [1.54, 1.807) is 11.0 Å². The van der Waals surface area contributed by atoms with Gasteiger partial charge < -0.3 is 20.3 Å². The Balaban J connectivity index is 2.05. The van der Waals surface area contributed by atoms with E-state index in [1.807, 2.05) is 40.8 Å². The Labute approximate surface area is 138 Å². The standard InChI is InChI=1S/C16H24BN3O3/c1-16(2,3)23-15(22)20-8-6-19(7-9-20)13-5-4-11(17)10-12(13)14(18)21/h4-5,10H,6-9,17H2,1-3H3,(H2,18,21). The lowest BCUT2D eigenvalue weighted by Crippen LogP contribution is -2.50. The SMILES string of the molecule is Bc1ccc(N2CCN(C(=O)OC(C)(C)C)CC2)c(C(N)=O)c1. The van der Waals surface area contributed by atoms with Crippen LogP contribution in [0.2, 0.25) is 0 Å². The maximum absolute atomic E-state index is 12.1. The summed E-state index contributed by atoms with van der Waals surface area (Å²) in [7, 11) is 1.93. The minimum atomic E-state index is -0.496. The summed E-state index contributed by atoms with van der Waals surface area (Å²) in [4.78, 5) is 27.5. The highest BCUT2D eigenvalue weighted by atomic mass is 16.6. The highest BCUT2D eigenvalue weighted by molar-refractivity contribution is 6.33. The monoisotopic (exact) mass is 317 g/mol. The second-order valence-electron chi connectivity index (χ2n) is 6.84. The van der Waals surface area contributed by atoms with Gasteiger partial charge >= 0.3 is 6.09 Å². The second-order valence-corrected chi connectivity index (χ2v) is 6.84. The Morgan fingerprint density at radius 3 is 2.30 bits per heavy atom. The maximum atomic E-state index is 12.1. The zero-order chi connectivity index (χ0) is 17.2. The van der Waals surface area contributed by atoms with Crippen molar-refractivity contribution >= 4 is 31.0 Å². The number of anilines is 1. The molecule has 6 nitrogen and oxygen atoms in total. The molecule has 1 aliphatic heterocycles. The second kappa shape index (κ2) is 6.52. The van der Waals surface area contributed by atoms with Crippen molar-refractivity contribution in [3.05, 3.63) is 23.8 Å². The molecule has 0 spiro atoms. The van der Waals surface area contributed by atoms with Gasteiger partial charge in [-0.05, 0) is 26.8 Å². The number of hydrogen-bond acceptors (Lipinski definition) is 4. The molecule has 2 rings (SSSR count). The summed E-state index contributed by atoms with van der Waals surface area (Å²) in [5.74, 6) is -0.432. The lowest BCUT2D eigenvalue weighted by Gasteiger charge is -2.37. The molecule has 0 aliphatic carbocycles. The first kappa shape index (κ1) is 17.2. The van der Waals surface area contributed by atoms with E-state index < -0.39 is 11.5 Å². The zero-order valence-electron chi connectivity index (χ0n) is 14.3. The molecule has 0 bridgehead atoms. The van der Waals surface area contributed by atoms with Crippen molar-refractivity contribution in [2.24, 2.45) is 5.73 Å². The number of piperazine rings is 1. The van der Waals surface area contributed by atoms with E-state index in [0.717, 1.165) is 11.2 Å². The first-order chi connectivity index (χ1) is 10.7. The van der Waals surface area contributed by atoms with Crippen molar-refractivity contribution in [3.8, 4) is 0 Å². The first-order valence-electron chi connectivity index (χ1n) is 7.81. The van der Waals surface area contributed by atoms with Crippen molar-refractivity contribution in [3.63, 3.8) is 0 Å². The molecule has 0 atom stereocenters. The van der Waals surface area contributed by atoms with E-state index in [0.29, 0.717) is 31.7 Å². The number of carbonyl (C=O) groups is 2. The van der Waals surface area contributed by atoms with Crippen LogP contribution < -0.4 is 16.1 Å². The Kier molecular flexibility index (Phi) is 4.87. The summed E-state index contributed by atoms with van der Waals surface area (Å²) >= 11 is 0. The topological polar surface area (TPSA) is 75.9 Å². The molecule has 1 aliphatic rings. The van der Waals surface area contributed by atoms with Crippen molar-refractivity contribution < 1.29 is 14.3 Å². The van der Waals surface area contributed by atoms with Gasteiger partial charge in [-0.15, -0.1) is 0 Å². The number of nitrogens with two attached hydrogens (primary N) is 1. The molecule has 7 heteroatoms. The molecule has 0 radical (unpaired) electrons. The molecular weight excluding hydrogens is 293 g/mol. The fourth-order valence-corrected chi connectivity index (χ4v) is 2.58. The molecule has 23 heavy (non-hydrogen) atoms. The number of nitrogens with zero attached hydrogens (tertiary/aromatic N) is 2. The third-order valence-corrected chi connectivity index (χ3v) is 3.69. The predicted molar refractivity (Wildman–Crippen MR) is 93.2 cm³/mol. The molecule has 2 amide bonds. The van der Waals surface area contributed by atoms with Crippen molar-refractivity contribution in [2.45, 2.75) is 26.4 Å². The molecule has 0 aromatic heterocycles. The number of carbonyl (C=O) groups excluding carboxylic acids is 2. The quantitative estimate of drug-likeness (QED) is 0.785. The minimum absolute atomic E-state index is 0.295. The fraction of sp³-hybridized carbons (Fsp3) is 0.500. The smallest absolute Gasteiger partial charge is 0.410 e. The van der Waals surface area contributed by atoms with Crippen LogP contribution >= 0.6 is 0 Å². The number of benzene rings is 1. The van der Waals surface area contributed by atoms with Gasteiger partial charge in [0.15, 0.2) is 0 Å². The van der Waals surface area contributed by atoms with Gasteiger partial charge in [0.2, 0.25) is 0 Å². The molecule has 1 saturated heterocycles. The van der Waals surface area contributed by atoms with Crippen LogP contribution in [-0.2, 0) is 4.74 Å². The number of hydrogen-bond donors (Lipinski definition) is 1. The van der Waals surface area contributed by atoms with Crippen LogP contribution in [0.25, 0.3) is 0 Å². The van der Waals surface area contributed by atoms with Crippen molar-refractivity contribution in [1.82, 2.24) is 4.90 Å². The van der Waals surface area contributed by atoms with E-state index in [2.05, 4.69) is 4.90 Å². The lowest BCUT2D eigenvalue weighted by atomic mass is 9.93. The number of ether oxygens (including phenoxy) is 1. The highest BCUT2D eigenvalue weighted by Gasteiger charge is 2.27. The minimum Gasteiger partial charge on any atom is -0.444 e. The summed E-state index contributed by atoms with van der Waals surface area (Å²) < 4.78 is 5.39. The normalized spacial score (nSPS) is 15.4. The number of amides is 2. The van der Waals surface area contributed by atoms with Crippen LogP contribution in [0.3, 0.4) is 0 Å². The molecule has 1 fully saturated rings. The third-order valence-electron chi connectivity index (χ3n) is 3.69. The Hall–Kier alpha value is -2.18. The maximum Gasteiger partial charge on any atom is 0.410 e. The first-order valence-corrected chi connectivity index (χ1v) is 7.81. The van der Waals surface area contributed by atoms with Gasteiger partial charge in [0, 0.05) is 31.9 Å². The van der Waals surface area contributed by atoms with Crippen LogP contribution in [0.15, 0.2) is 18.2 Å². The summed E-state index contributed by atoms with van der Waals surface area (Å²) in [6, 6.07) is 5.68. The molecule has 0 unspecified atom stereocenters. The van der Waals surface area contributed by atoms with Crippen molar-refractivity contribution in [2.75, 3.05) is 31.1 Å². The predicted octanol–water partition coefficient (Wildman–Crippen LogP) is 0.101. The van der Waals surface area contributed by atoms with E-state index in [-0.39, 0.29) is 6.09 Å². The molecule has 1 aromatic carbocycles. The average Bonchev–Trinajstić information content (AvgIpc) is 2.45.